The largest absolute Gasteiger partial charge is 0.444 e. The Balaban J connectivity index is 2.24. The first-order valence-corrected chi connectivity index (χ1v) is 7.92. The highest BCUT2D eigenvalue weighted by Gasteiger charge is 2.20. The molecule has 1 amide bonds. The van der Waals surface area contributed by atoms with Crippen molar-refractivity contribution < 1.29 is 9.53 Å². The summed E-state index contributed by atoms with van der Waals surface area (Å²) in [6.45, 7) is 12.6. The molecule has 0 unspecified atom stereocenters. The maximum atomic E-state index is 12.0. The van der Waals surface area contributed by atoms with Crippen LogP contribution < -0.4 is 5.32 Å². The Morgan fingerprint density at radius 1 is 1.36 bits per heavy atom. The molecule has 5 heteroatoms. The predicted molar refractivity (Wildman–Crippen MR) is 88.8 cm³/mol. The van der Waals surface area contributed by atoms with Crippen molar-refractivity contribution >= 4 is 6.09 Å². The van der Waals surface area contributed by atoms with E-state index in [1.807, 2.05) is 46.9 Å². The Hall–Kier alpha value is -1.62. The first kappa shape index (κ1) is 18.4. The summed E-state index contributed by atoms with van der Waals surface area (Å²) in [7, 11) is 0. The third-order valence-electron chi connectivity index (χ3n) is 3.12. The van der Waals surface area contributed by atoms with E-state index in [0.29, 0.717) is 13.1 Å². The minimum Gasteiger partial charge on any atom is -0.444 e. The molecule has 0 aromatic carbocycles. The highest BCUT2D eigenvalue weighted by molar-refractivity contribution is 5.68. The summed E-state index contributed by atoms with van der Waals surface area (Å²) >= 11 is 0. The minimum atomic E-state index is -0.443. The molecule has 1 aromatic rings. The van der Waals surface area contributed by atoms with Crippen LogP contribution >= 0.6 is 0 Å². The van der Waals surface area contributed by atoms with Crippen LogP contribution in [0.15, 0.2) is 18.3 Å². The number of carbonyl (C=O) groups excluding carboxylic acids is 1. The molecule has 0 aliphatic rings. The van der Waals surface area contributed by atoms with E-state index in [9.17, 15) is 4.79 Å². The van der Waals surface area contributed by atoms with Gasteiger partial charge in [0, 0.05) is 31.5 Å². The quantitative estimate of drug-likeness (QED) is 0.786. The molecule has 1 heterocycles. The Morgan fingerprint density at radius 3 is 2.64 bits per heavy atom. The van der Waals surface area contributed by atoms with Gasteiger partial charge in [-0.25, -0.2) is 4.79 Å². The fraction of sp³-hybridized carbons (Fsp3) is 0.647. The van der Waals surface area contributed by atoms with Crippen molar-refractivity contribution in [2.45, 2.75) is 53.2 Å². The second kappa shape index (κ2) is 8.73. The Bertz CT molecular complexity index is 452. The number of hydrogen-bond acceptors (Lipinski definition) is 4. The van der Waals surface area contributed by atoms with Crippen LogP contribution in [0.1, 0.15) is 45.4 Å². The molecule has 22 heavy (non-hydrogen) atoms. The second-order valence-corrected chi connectivity index (χ2v) is 6.40. The van der Waals surface area contributed by atoms with Gasteiger partial charge in [0.15, 0.2) is 0 Å². The highest BCUT2D eigenvalue weighted by Crippen LogP contribution is 2.10. The maximum Gasteiger partial charge on any atom is 0.410 e. The lowest BCUT2D eigenvalue weighted by Gasteiger charge is -2.26. The average molecular weight is 307 g/mol. The molecule has 0 saturated heterocycles. The van der Waals surface area contributed by atoms with Gasteiger partial charge in [0.1, 0.15) is 5.60 Å². The molecule has 5 nitrogen and oxygen atoms in total. The molecule has 0 fully saturated rings. The molecule has 0 atom stereocenters. The number of aryl methyl sites for hydroxylation is 1. The van der Waals surface area contributed by atoms with Crippen molar-refractivity contribution in [1.29, 1.82) is 0 Å². The zero-order valence-electron chi connectivity index (χ0n) is 14.5. The molecule has 0 bridgehead atoms. The van der Waals surface area contributed by atoms with E-state index in [1.54, 1.807) is 4.90 Å². The summed E-state index contributed by atoms with van der Waals surface area (Å²) in [6.07, 6.45) is 2.55. The van der Waals surface area contributed by atoms with Crippen LogP contribution in [0.2, 0.25) is 0 Å². The number of carbonyl (C=O) groups is 1. The topological polar surface area (TPSA) is 54.5 Å². The van der Waals surface area contributed by atoms with Crippen molar-refractivity contribution in [1.82, 2.24) is 15.2 Å². The SMILES string of the molecule is CCN(CCCNCc1ccc(C)nc1)C(=O)OC(C)(C)C. The predicted octanol–water partition coefficient (Wildman–Crippen LogP) is 3.13. The molecular weight excluding hydrogens is 278 g/mol. The van der Waals surface area contributed by atoms with Gasteiger partial charge in [-0.15, -0.1) is 0 Å². The number of nitrogens with zero attached hydrogens (tertiary/aromatic N) is 2. The number of hydrogen-bond donors (Lipinski definition) is 1. The van der Waals surface area contributed by atoms with Crippen molar-refractivity contribution in [3.05, 3.63) is 29.6 Å². The molecule has 1 rings (SSSR count). The standard InChI is InChI=1S/C17H29N3O2/c1-6-20(16(21)22-17(3,4)5)11-7-10-18-12-15-9-8-14(2)19-13-15/h8-9,13,18H,6-7,10-12H2,1-5H3. The minimum absolute atomic E-state index is 0.238. The van der Waals surface area contributed by atoms with Gasteiger partial charge in [-0.1, -0.05) is 6.07 Å². The summed E-state index contributed by atoms with van der Waals surface area (Å²) in [4.78, 5) is 18.0. The van der Waals surface area contributed by atoms with E-state index in [0.717, 1.165) is 25.2 Å². The van der Waals surface area contributed by atoms with Gasteiger partial charge >= 0.3 is 6.09 Å². The van der Waals surface area contributed by atoms with E-state index in [4.69, 9.17) is 4.74 Å². The Morgan fingerprint density at radius 2 is 2.09 bits per heavy atom. The van der Waals surface area contributed by atoms with E-state index in [2.05, 4.69) is 16.4 Å². The van der Waals surface area contributed by atoms with Crippen molar-refractivity contribution in [2.24, 2.45) is 0 Å². The summed E-state index contributed by atoms with van der Waals surface area (Å²) in [5, 5.41) is 3.37. The lowest BCUT2D eigenvalue weighted by atomic mass is 10.2. The molecule has 1 N–H and O–H groups in total. The van der Waals surface area contributed by atoms with Crippen LogP contribution in [0, 0.1) is 6.92 Å². The highest BCUT2D eigenvalue weighted by atomic mass is 16.6. The maximum absolute atomic E-state index is 12.0. The fourth-order valence-electron chi connectivity index (χ4n) is 1.94. The van der Waals surface area contributed by atoms with Crippen molar-refractivity contribution in [3.63, 3.8) is 0 Å². The van der Waals surface area contributed by atoms with Gasteiger partial charge in [-0.05, 0) is 59.2 Å². The summed E-state index contributed by atoms with van der Waals surface area (Å²) in [5.74, 6) is 0. The Kier molecular flexibility index (Phi) is 7.32. The van der Waals surface area contributed by atoms with Gasteiger partial charge in [0.2, 0.25) is 0 Å². The smallest absolute Gasteiger partial charge is 0.410 e. The van der Waals surface area contributed by atoms with Crippen LogP contribution in [0.5, 0.6) is 0 Å². The van der Waals surface area contributed by atoms with Gasteiger partial charge in [-0.3, -0.25) is 4.98 Å². The molecule has 0 radical (unpaired) electrons. The molecule has 0 spiro atoms. The Labute approximate surface area is 134 Å². The summed E-state index contributed by atoms with van der Waals surface area (Å²) < 4.78 is 5.39. The number of ether oxygens (including phenoxy) is 1. The van der Waals surface area contributed by atoms with E-state index in [1.165, 1.54) is 5.56 Å². The van der Waals surface area contributed by atoms with Crippen molar-refractivity contribution in [2.75, 3.05) is 19.6 Å². The van der Waals surface area contributed by atoms with Crippen LogP contribution in [-0.4, -0.2) is 41.2 Å². The van der Waals surface area contributed by atoms with E-state index < -0.39 is 5.60 Å². The van der Waals surface area contributed by atoms with Crippen LogP contribution in [0.25, 0.3) is 0 Å². The zero-order valence-corrected chi connectivity index (χ0v) is 14.5. The third kappa shape index (κ3) is 7.41. The number of aromatic nitrogens is 1. The van der Waals surface area contributed by atoms with Gasteiger partial charge < -0.3 is 15.0 Å². The van der Waals surface area contributed by atoms with Crippen molar-refractivity contribution in [3.8, 4) is 0 Å². The molecule has 0 aliphatic heterocycles. The van der Waals surface area contributed by atoms with Crippen LogP contribution in [0.4, 0.5) is 4.79 Å². The number of nitrogens with one attached hydrogen (secondary N) is 1. The van der Waals surface area contributed by atoms with E-state index >= 15 is 0 Å². The van der Waals surface area contributed by atoms with Crippen LogP contribution in [0.3, 0.4) is 0 Å². The van der Waals surface area contributed by atoms with Gasteiger partial charge in [-0.2, -0.15) is 0 Å². The monoisotopic (exact) mass is 307 g/mol. The zero-order chi connectivity index (χ0) is 16.6. The normalized spacial score (nSPS) is 11.3. The lowest BCUT2D eigenvalue weighted by molar-refractivity contribution is 0.0258. The second-order valence-electron chi connectivity index (χ2n) is 6.40. The first-order chi connectivity index (χ1) is 10.3. The van der Waals surface area contributed by atoms with Gasteiger partial charge in [0.05, 0.1) is 0 Å². The molecule has 124 valence electrons. The van der Waals surface area contributed by atoms with Gasteiger partial charge in [0.25, 0.3) is 0 Å². The van der Waals surface area contributed by atoms with E-state index in [-0.39, 0.29) is 6.09 Å². The molecule has 0 saturated carbocycles. The lowest BCUT2D eigenvalue weighted by Crippen LogP contribution is -2.38. The summed E-state index contributed by atoms with van der Waals surface area (Å²) in [6, 6.07) is 4.09. The molecular formula is C17H29N3O2. The number of amides is 1. The third-order valence-corrected chi connectivity index (χ3v) is 3.12. The number of pyridine rings is 1. The summed E-state index contributed by atoms with van der Waals surface area (Å²) in [5.41, 5.74) is 1.76. The average Bonchev–Trinajstić information content (AvgIpc) is 2.42. The molecule has 1 aromatic heterocycles. The van der Waals surface area contributed by atoms with Crippen LogP contribution in [-0.2, 0) is 11.3 Å². The number of rotatable bonds is 7. The fourth-order valence-corrected chi connectivity index (χ4v) is 1.94. The molecule has 0 aliphatic carbocycles. The first-order valence-electron chi connectivity index (χ1n) is 7.92.